The van der Waals surface area contributed by atoms with Crippen molar-refractivity contribution in [3.05, 3.63) is 0 Å². The SMILES string of the molecule is CN=C1NC(=O)C(C)(C)N1. The van der Waals surface area contributed by atoms with E-state index in [2.05, 4.69) is 15.6 Å². The van der Waals surface area contributed by atoms with Crippen molar-refractivity contribution in [3.63, 3.8) is 0 Å². The first kappa shape index (κ1) is 7.05. The molecule has 0 spiro atoms. The van der Waals surface area contributed by atoms with Crippen molar-refractivity contribution in [2.24, 2.45) is 4.99 Å². The van der Waals surface area contributed by atoms with Crippen LogP contribution in [0.5, 0.6) is 0 Å². The van der Waals surface area contributed by atoms with Gasteiger partial charge in [-0.05, 0) is 13.8 Å². The number of carbonyl (C=O) groups is 1. The molecule has 0 bridgehead atoms. The Morgan fingerprint density at radius 3 is 2.30 bits per heavy atom. The monoisotopic (exact) mass is 141 g/mol. The molecule has 0 aromatic carbocycles. The summed E-state index contributed by atoms with van der Waals surface area (Å²) in [5.74, 6) is 0.517. The molecule has 1 aliphatic rings. The summed E-state index contributed by atoms with van der Waals surface area (Å²) in [5.41, 5.74) is -0.505. The molecule has 0 aliphatic carbocycles. The molecule has 1 heterocycles. The predicted molar refractivity (Wildman–Crippen MR) is 38.7 cm³/mol. The highest BCUT2D eigenvalue weighted by atomic mass is 16.2. The molecular weight excluding hydrogens is 130 g/mol. The lowest BCUT2D eigenvalue weighted by Crippen LogP contribution is -2.40. The number of hydrogen-bond acceptors (Lipinski definition) is 2. The highest BCUT2D eigenvalue weighted by Crippen LogP contribution is 2.06. The quantitative estimate of drug-likeness (QED) is 0.476. The lowest BCUT2D eigenvalue weighted by molar-refractivity contribution is -0.122. The molecule has 1 aliphatic heterocycles. The number of carbonyl (C=O) groups excluding carboxylic acids is 1. The zero-order chi connectivity index (χ0) is 7.78. The fourth-order valence-corrected chi connectivity index (χ4v) is 0.760. The molecule has 2 N–H and O–H groups in total. The van der Waals surface area contributed by atoms with Crippen LogP contribution in [-0.4, -0.2) is 24.5 Å². The van der Waals surface area contributed by atoms with E-state index in [0.29, 0.717) is 5.96 Å². The number of guanidine groups is 1. The van der Waals surface area contributed by atoms with Crippen molar-refractivity contribution in [2.45, 2.75) is 19.4 Å². The van der Waals surface area contributed by atoms with E-state index in [1.165, 1.54) is 0 Å². The summed E-state index contributed by atoms with van der Waals surface area (Å²) in [7, 11) is 1.63. The fraction of sp³-hybridized carbons (Fsp3) is 0.667. The Labute approximate surface area is 59.7 Å². The average Bonchev–Trinajstić information content (AvgIpc) is 2.08. The van der Waals surface area contributed by atoms with Gasteiger partial charge >= 0.3 is 0 Å². The molecule has 1 rings (SSSR count). The van der Waals surface area contributed by atoms with Crippen LogP contribution in [0, 0.1) is 0 Å². The first-order valence-electron chi connectivity index (χ1n) is 3.12. The van der Waals surface area contributed by atoms with Crippen LogP contribution in [0.4, 0.5) is 0 Å². The third-order valence-corrected chi connectivity index (χ3v) is 1.45. The number of nitrogens with zero attached hydrogens (tertiary/aromatic N) is 1. The van der Waals surface area contributed by atoms with Gasteiger partial charge in [0.05, 0.1) is 0 Å². The fourth-order valence-electron chi connectivity index (χ4n) is 0.760. The van der Waals surface area contributed by atoms with Crippen LogP contribution in [0.25, 0.3) is 0 Å². The lowest BCUT2D eigenvalue weighted by Gasteiger charge is -2.12. The lowest BCUT2D eigenvalue weighted by atomic mass is 10.1. The molecule has 1 amide bonds. The van der Waals surface area contributed by atoms with Crippen molar-refractivity contribution in [3.8, 4) is 0 Å². The number of hydrogen-bond donors (Lipinski definition) is 2. The average molecular weight is 141 g/mol. The van der Waals surface area contributed by atoms with E-state index in [1.54, 1.807) is 20.9 Å². The van der Waals surface area contributed by atoms with Gasteiger partial charge in [0.1, 0.15) is 5.54 Å². The molecule has 0 unspecified atom stereocenters. The third kappa shape index (κ3) is 0.964. The smallest absolute Gasteiger partial charge is 0.251 e. The van der Waals surface area contributed by atoms with Gasteiger partial charge in [-0.3, -0.25) is 15.1 Å². The van der Waals surface area contributed by atoms with E-state index in [-0.39, 0.29) is 5.91 Å². The largest absolute Gasteiger partial charge is 0.342 e. The van der Waals surface area contributed by atoms with Crippen molar-refractivity contribution in [1.29, 1.82) is 0 Å². The summed E-state index contributed by atoms with van der Waals surface area (Å²) in [6, 6.07) is 0. The second kappa shape index (κ2) is 1.97. The van der Waals surface area contributed by atoms with Crippen molar-refractivity contribution < 1.29 is 4.79 Å². The highest BCUT2D eigenvalue weighted by Gasteiger charge is 2.35. The van der Waals surface area contributed by atoms with E-state index < -0.39 is 5.54 Å². The van der Waals surface area contributed by atoms with Crippen LogP contribution >= 0.6 is 0 Å². The van der Waals surface area contributed by atoms with Gasteiger partial charge in [-0.1, -0.05) is 0 Å². The van der Waals surface area contributed by atoms with Gasteiger partial charge in [0.25, 0.3) is 5.91 Å². The zero-order valence-corrected chi connectivity index (χ0v) is 6.36. The first-order chi connectivity index (χ1) is 4.56. The summed E-state index contributed by atoms with van der Waals surface area (Å²) in [6.07, 6.45) is 0. The number of nitrogens with one attached hydrogen (secondary N) is 2. The normalized spacial score (nSPS) is 26.3. The maximum absolute atomic E-state index is 11.0. The molecule has 1 fully saturated rings. The Hall–Kier alpha value is -1.06. The second-order valence-electron chi connectivity index (χ2n) is 2.78. The maximum Gasteiger partial charge on any atom is 0.251 e. The molecule has 1 saturated heterocycles. The van der Waals surface area contributed by atoms with Crippen LogP contribution in [0.3, 0.4) is 0 Å². The Morgan fingerprint density at radius 1 is 1.50 bits per heavy atom. The number of aliphatic imine (C=N–C) groups is 1. The molecule has 4 heteroatoms. The highest BCUT2D eigenvalue weighted by molar-refractivity contribution is 6.08. The van der Waals surface area contributed by atoms with Gasteiger partial charge in [0, 0.05) is 7.05 Å². The molecule has 0 aromatic heterocycles. The minimum absolute atomic E-state index is 0.0342. The Balaban J connectivity index is 2.81. The number of amides is 1. The van der Waals surface area contributed by atoms with Gasteiger partial charge in [-0.25, -0.2) is 0 Å². The molecule has 4 nitrogen and oxygen atoms in total. The van der Waals surface area contributed by atoms with Crippen LogP contribution in [0.1, 0.15) is 13.8 Å². The van der Waals surface area contributed by atoms with Gasteiger partial charge < -0.3 is 5.32 Å². The van der Waals surface area contributed by atoms with Crippen LogP contribution in [0.15, 0.2) is 4.99 Å². The Morgan fingerprint density at radius 2 is 2.10 bits per heavy atom. The summed E-state index contributed by atoms with van der Waals surface area (Å²) >= 11 is 0. The van der Waals surface area contributed by atoms with Gasteiger partial charge in [-0.15, -0.1) is 0 Å². The maximum atomic E-state index is 11.0. The van der Waals surface area contributed by atoms with E-state index >= 15 is 0 Å². The zero-order valence-electron chi connectivity index (χ0n) is 6.36. The summed E-state index contributed by atoms with van der Waals surface area (Å²) in [5, 5.41) is 5.51. The van der Waals surface area contributed by atoms with E-state index in [1.807, 2.05) is 0 Å². The van der Waals surface area contributed by atoms with Gasteiger partial charge in [-0.2, -0.15) is 0 Å². The summed E-state index contributed by atoms with van der Waals surface area (Å²) < 4.78 is 0. The molecule has 0 radical (unpaired) electrons. The number of rotatable bonds is 0. The van der Waals surface area contributed by atoms with Crippen molar-refractivity contribution in [1.82, 2.24) is 10.6 Å². The minimum atomic E-state index is -0.505. The van der Waals surface area contributed by atoms with Crippen LogP contribution in [0.2, 0.25) is 0 Å². The van der Waals surface area contributed by atoms with Crippen LogP contribution < -0.4 is 10.6 Å². The van der Waals surface area contributed by atoms with E-state index in [4.69, 9.17) is 0 Å². The predicted octanol–water partition coefficient (Wildman–Crippen LogP) is -0.530. The van der Waals surface area contributed by atoms with E-state index in [9.17, 15) is 4.79 Å². The molecule has 10 heavy (non-hydrogen) atoms. The van der Waals surface area contributed by atoms with Crippen molar-refractivity contribution in [2.75, 3.05) is 7.05 Å². The Kier molecular flexibility index (Phi) is 1.39. The Bertz CT molecular complexity index is 195. The van der Waals surface area contributed by atoms with Gasteiger partial charge in [0.2, 0.25) is 0 Å². The molecule has 0 atom stereocenters. The van der Waals surface area contributed by atoms with E-state index in [0.717, 1.165) is 0 Å². The standard InChI is InChI=1S/C6H11N3O/c1-6(2)4(10)8-5(7-3)9-6/h1-3H3,(H2,7,8,9,10). The summed E-state index contributed by atoms with van der Waals surface area (Å²) in [4.78, 5) is 14.8. The minimum Gasteiger partial charge on any atom is -0.342 e. The second-order valence-corrected chi connectivity index (χ2v) is 2.78. The molecule has 0 saturated carbocycles. The first-order valence-corrected chi connectivity index (χ1v) is 3.12. The van der Waals surface area contributed by atoms with Crippen LogP contribution in [-0.2, 0) is 4.79 Å². The van der Waals surface area contributed by atoms with Crippen molar-refractivity contribution >= 4 is 11.9 Å². The third-order valence-electron chi connectivity index (χ3n) is 1.45. The molecule has 0 aromatic rings. The topological polar surface area (TPSA) is 53.5 Å². The van der Waals surface area contributed by atoms with Gasteiger partial charge in [0.15, 0.2) is 5.96 Å². The molecular formula is C6H11N3O. The molecule has 56 valence electrons. The summed E-state index contributed by atoms with van der Waals surface area (Å²) in [6.45, 7) is 3.61.